The van der Waals surface area contributed by atoms with E-state index in [1.807, 2.05) is 13.1 Å². The van der Waals surface area contributed by atoms with Gasteiger partial charge >= 0.3 is 0 Å². The van der Waals surface area contributed by atoms with Crippen LogP contribution in [0.3, 0.4) is 0 Å². The van der Waals surface area contributed by atoms with Crippen LogP contribution in [0.2, 0.25) is 0 Å². The van der Waals surface area contributed by atoms with Crippen LogP contribution in [0.15, 0.2) is 35.3 Å². The zero-order chi connectivity index (χ0) is 17.7. The van der Waals surface area contributed by atoms with Crippen LogP contribution >= 0.6 is 23.1 Å². The Bertz CT molecular complexity index is 718. The minimum Gasteiger partial charge on any atom is -0.355 e. The third kappa shape index (κ3) is 4.76. The molecule has 3 rings (SSSR count). The van der Waals surface area contributed by atoms with E-state index in [9.17, 15) is 0 Å². The molecule has 0 radical (unpaired) electrons. The number of guanidine groups is 1. The monoisotopic (exact) mass is 374 g/mol. The van der Waals surface area contributed by atoms with E-state index in [1.54, 1.807) is 11.3 Å². The predicted molar refractivity (Wildman–Crippen MR) is 111 cm³/mol. The highest BCUT2D eigenvalue weighted by Gasteiger charge is 2.29. The quantitative estimate of drug-likeness (QED) is 0.612. The smallest absolute Gasteiger partial charge is 0.191 e. The first-order valence-electron chi connectivity index (χ1n) is 8.70. The van der Waals surface area contributed by atoms with E-state index in [1.165, 1.54) is 29.0 Å². The topological polar surface area (TPSA) is 49.3 Å². The Morgan fingerprint density at radius 3 is 2.76 bits per heavy atom. The van der Waals surface area contributed by atoms with E-state index >= 15 is 0 Å². The SMILES string of the molecule is CN=C(NCc1sc(-c2ccccc2)nc1C)NCC1(C)CCCS1. The number of thioether (sulfide) groups is 1. The molecule has 0 amide bonds. The Morgan fingerprint density at radius 1 is 1.28 bits per heavy atom. The van der Waals surface area contributed by atoms with Gasteiger partial charge in [0.15, 0.2) is 5.96 Å². The summed E-state index contributed by atoms with van der Waals surface area (Å²) in [5.74, 6) is 2.13. The highest BCUT2D eigenvalue weighted by Crippen LogP contribution is 2.36. The summed E-state index contributed by atoms with van der Waals surface area (Å²) < 4.78 is 0.332. The normalized spacial score (nSPS) is 20.7. The minimum absolute atomic E-state index is 0.332. The van der Waals surface area contributed by atoms with Gasteiger partial charge < -0.3 is 10.6 Å². The lowest BCUT2D eigenvalue weighted by atomic mass is 10.1. The van der Waals surface area contributed by atoms with Gasteiger partial charge in [-0.2, -0.15) is 11.8 Å². The van der Waals surface area contributed by atoms with Gasteiger partial charge in [-0.1, -0.05) is 30.3 Å². The van der Waals surface area contributed by atoms with E-state index in [-0.39, 0.29) is 0 Å². The standard InChI is InChI=1S/C19H26N4S2/c1-14-16(25-17(23-14)15-8-5-4-6-9-15)12-21-18(20-3)22-13-19(2)10-7-11-24-19/h4-6,8-9H,7,10-13H2,1-3H3,(H2,20,21,22). The van der Waals surface area contributed by atoms with Gasteiger partial charge in [0.2, 0.25) is 0 Å². The summed E-state index contributed by atoms with van der Waals surface area (Å²) in [6.45, 7) is 6.12. The van der Waals surface area contributed by atoms with Crippen molar-refractivity contribution in [1.82, 2.24) is 15.6 Å². The van der Waals surface area contributed by atoms with Gasteiger partial charge in [0.1, 0.15) is 5.01 Å². The molecule has 2 heterocycles. The fourth-order valence-electron chi connectivity index (χ4n) is 2.93. The maximum Gasteiger partial charge on any atom is 0.191 e. The molecule has 0 saturated carbocycles. The van der Waals surface area contributed by atoms with Crippen molar-refractivity contribution in [3.8, 4) is 10.6 Å². The Morgan fingerprint density at radius 2 is 2.08 bits per heavy atom. The lowest BCUT2D eigenvalue weighted by Gasteiger charge is -2.24. The molecule has 25 heavy (non-hydrogen) atoms. The van der Waals surface area contributed by atoms with Crippen molar-refractivity contribution in [2.45, 2.75) is 38.0 Å². The van der Waals surface area contributed by atoms with Crippen LogP contribution in [0, 0.1) is 6.92 Å². The molecule has 2 aromatic rings. The van der Waals surface area contributed by atoms with E-state index in [2.05, 4.69) is 65.5 Å². The van der Waals surface area contributed by atoms with Crippen LogP contribution in [-0.4, -0.2) is 35.0 Å². The Hall–Kier alpha value is -1.53. The third-order valence-electron chi connectivity index (χ3n) is 4.48. The zero-order valence-corrected chi connectivity index (χ0v) is 16.8. The van der Waals surface area contributed by atoms with Crippen molar-refractivity contribution in [3.63, 3.8) is 0 Å². The fourth-order valence-corrected chi connectivity index (χ4v) is 5.18. The lowest BCUT2D eigenvalue weighted by Crippen LogP contribution is -2.43. The number of aromatic nitrogens is 1. The zero-order valence-electron chi connectivity index (χ0n) is 15.1. The first kappa shape index (κ1) is 18.3. The molecule has 0 spiro atoms. The first-order valence-corrected chi connectivity index (χ1v) is 10.5. The van der Waals surface area contributed by atoms with Crippen LogP contribution < -0.4 is 10.6 Å². The van der Waals surface area contributed by atoms with Crippen molar-refractivity contribution in [3.05, 3.63) is 40.9 Å². The molecule has 0 aliphatic carbocycles. The summed E-state index contributed by atoms with van der Waals surface area (Å²) in [4.78, 5) is 10.3. The molecule has 4 nitrogen and oxygen atoms in total. The molecule has 0 bridgehead atoms. The number of nitrogens with zero attached hydrogens (tertiary/aromatic N) is 2. The molecule has 1 unspecified atom stereocenters. The summed E-state index contributed by atoms with van der Waals surface area (Å²) in [6.07, 6.45) is 2.59. The number of aryl methyl sites for hydroxylation is 1. The van der Waals surface area contributed by atoms with Gasteiger partial charge in [0.05, 0.1) is 12.2 Å². The van der Waals surface area contributed by atoms with Gasteiger partial charge in [-0.3, -0.25) is 4.99 Å². The number of nitrogens with one attached hydrogen (secondary N) is 2. The number of thiazole rings is 1. The minimum atomic E-state index is 0.332. The van der Waals surface area contributed by atoms with Crippen LogP contribution in [0.5, 0.6) is 0 Å². The van der Waals surface area contributed by atoms with Gasteiger partial charge in [0, 0.05) is 28.8 Å². The molecule has 134 valence electrons. The van der Waals surface area contributed by atoms with Crippen LogP contribution in [0.25, 0.3) is 10.6 Å². The van der Waals surface area contributed by atoms with Gasteiger partial charge in [-0.05, 0) is 32.4 Å². The summed E-state index contributed by atoms with van der Waals surface area (Å²) in [7, 11) is 1.83. The largest absolute Gasteiger partial charge is 0.355 e. The number of benzene rings is 1. The Balaban J connectivity index is 1.58. The molecular weight excluding hydrogens is 348 g/mol. The Labute approximate surface area is 158 Å². The van der Waals surface area contributed by atoms with Crippen LogP contribution in [0.1, 0.15) is 30.3 Å². The first-order chi connectivity index (χ1) is 12.1. The molecule has 1 aromatic carbocycles. The lowest BCUT2D eigenvalue weighted by molar-refractivity contribution is 0.584. The highest BCUT2D eigenvalue weighted by molar-refractivity contribution is 8.00. The molecule has 1 fully saturated rings. The van der Waals surface area contributed by atoms with Gasteiger partial charge in [0.25, 0.3) is 0 Å². The van der Waals surface area contributed by atoms with E-state index in [0.29, 0.717) is 4.75 Å². The molecule has 1 aliphatic heterocycles. The van der Waals surface area contributed by atoms with Crippen molar-refractivity contribution < 1.29 is 0 Å². The fraction of sp³-hybridized carbons (Fsp3) is 0.474. The highest BCUT2D eigenvalue weighted by atomic mass is 32.2. The second kappa shape index (κ2) is 8.23. The number of hydrogen-bond acceptors (Lipinski definition) is 4. The van der Waals surface area contributed by atoms with Gasteiger partial charge in [-0.15, -0.1) is 11.3 Å². The summed E-state index contributed by atoms with van der Waals surface area (Å²) in [5.41, 5.74) is 2.26. The second-order valence-corrected chi connectivity index (χ2v) is 9.34. The average Bonchev–Trinajstić information content (AvgIpc) is 3.22. The number of rotatable bonds is 5. The third-order valence-corrected chi connectivity index (χ3v) is 7.23. The molecule has 1 atom stereocenters. The van der Waals surface area contributed by atoms with Gasteiger partial charge in [-0.25, -0.2) is 4.98 Å². The van der Waals surface area contributed by atoms with Crippen molar-refractivity contribution in [1.29, 1.82) is 0 Å². The van der Waals surface area contributed by atoms with Crippen molar-refractivity contribution in [2.75, 3.05) is 19.3 Å². The molecule has 1 aliphatic rings. The molecule has 6 heteroatoms. The van der Waals surface area contributed by atoms with Crippen LogP contribution in [0.4, 0.5) is 0 Å². The summed E-state index contributed by atoms with van der Waals surface area (Å²) in [5, 5.41) is 7.99. The molecule has 1 aromatic heterocycles. The van der Waals surface area contributed by atoms with E-state index < -0.39 is 0 Å². The van der Waals surface area contributed by atoms with E-state index in [0.717, 1.165) is 29.8 Å². The number of aliphatic imine (C=N–C) groups is 1. The number of hydrogen-bond donors (Lipinski definition) is 2. The average molecular weight is 375 g/mol. The van der Waals surface area contributed by atoms with Crippen LogP contribution in [-0.2, 0) is 6.54 Å². The Kier molecular flexibility index (Phi) is 6.02. The maximum atomic E-state index is 4.72. The summed E-state index contributed by atoms with van der Waals surface area (Å²) >= 11 is 3.81. The van der Waals surface area contributed by atoms with Crippen molar-refractivity contribution >= 4 is 29.1 Å². The van der Waals surface area contributed by atoms with Crippen molar-refractivity contribution in [2.24, 2.45) is 4.99 Å². The second-order valence-electron chi connectivity index (χ2n) is 6.57. The maximum absolute atomic E-state index is 4.72. The molecule has 2 N–H and O–H groups in total. The predicted octanol–water partition coefficient (Wildman–Crippen LogP) is 4.07. The van der Waals surface area contributed by atoms with E-state index in [4.69, 9.17) is 4.98 Å². The summed E-state index contributed by atoms with van der Waals surface area (Å²) in [6, 6.07) is 10.4. The molecular formula is C19H26N4S2. The molecule has 1 saturated heterocycles.